The number of para-hydroxylation sites is 2. The highest BCUT2D eigenvalue weighted by Gasteiger charge is 2.24. The van der Waals surface area contributed by atoms with Gasteiger partial charge in [0.25, 0.3) is 0 Å². The van der Waals surface area contributed by atoms with E-state index in [1.165, 1.54) is 11.1 Å². The van der Waals surface area contributed by atoms with E-state index in [-0.39, 0.29) is 6.10 Å². The molecule has 1 aliphatic rings. The van der Waals surface area contributed by atoms with Crippen molar-refractivity contribution in [3.63, 3.8) is 0 Å². The lowest BCUT2D eigenvalue weighted by atomic mass is 10.0. The van der Waals surface area contributed by atoms with E-state index in [1.54, 1.807) is 0 Å². The molecule has 1 atom stereocenters. The predicted octanol–water partition coefficient (Wildman–Crippen LogP) is 5.48. The van der Waals surface area contributed by atoms with Crippen LogP contribution < -0.4 is 4.74 Å². The number of fused-ring (bicyclic) bond motifs is 1. The molecule has 142 valence electrons. The summed E-state index contributed by atoms with van der Waals surface area (Å²) >= 11 is 0. The highest BCUT2D eigenvalue weighted by atomic mass is 16.5. The number of rotatable bonds is 7. The van der Waals surface area contributed by atoms with Crippen molar-refractivity contribution in [3.8, 4) is 5.75 Å². The summed E-state index contributed by atoms with van der Waals surface area (Å²) in [5.74, 6) is 2.55. The van der Waals surface area contributed by atoms with Gasteiger partial charge < -0.3 is 14.0 Å². The monoisotopic (exact) mass is 364 g/mol. The van der Waals surface area contributed by atoms with Gasteiger partial charge in [0, 0.05) is 13.2 Å². The molecule has 3 aromatic rings. The number of imidazole rings is 1. The molecular weight excluding hydrogens is 336 g/mol. The Bertz CT molecular complexity index is 877. The van der Waals surface area contributed by atoms with Crippen LogP contribution in [0.4, 0.5) is 0 Å². The molecule has 0 spiro atoms. The Balaban J connectivity index is 1.41. The molecule has 0 bridgehead atoms. The van der Waals surface area contributed by atoms with Crippen molar-refractivity contribution in [2.24, 2.45) is 0 Å². The minimum absolute atomic E-state index is 0.127. The quantitative estimate of drug-likeness (QED) is 0.521. The van der Waals surface area contributed by atoms with Gasteiger partial charge in [-0.25, -0.2) is 4.98 Å². The summed E-state index contributed by atoms with van der Waals surface area (Å²) in [5.41, 5.74) is 3.57. The topological polar surface area (TPSA) is 36.3 Å². The first kappa shape index (κ1) is 18.1. The molecule has 0 N–H and O–H groups in total. The van der Waals surface area contributed by atoms with E-state index in [0.717, 1.165) is 49.5 Å². The first-order valence-corrected chi connectivity index (χ1v) is 10.0. The van der Waals surface area contributed by atoms with E-state index in [9.17, 15) is 0 Å². The fourth-order valence-electron chi connectivity index (χ4n) is 3.72. The highest BCUT2D eigenvalue weighted by Crippen LogP contribution is 2.30. The van der Waals surface area contributed by atoms with E-state index in [0.29, 0.717) is 12.5 Å². The molecule has 4 nitrogen and oxygen atoms in total. The van der Waals surface area contributed by atoms with E-state index in [1.807, 2.05) is 6.07 Å². The van der Waals surface area contributed by atoms with Crippen LogP contribution in [-0.2, 0) is 11.3 Å². The number of aromatic nitrogens is 2. The summed E-state index contributed by atoms with van der Waals surface area (Å²) in [4.78, 5) is 4.85. The van der Waals surface area contributed by atoms with Gasteiger partial charge in [0.2, 0.25) is 0 Å². The third kappa shape index (κ3) is 4.01. The Labute approximate surface area is 161 Å². The van der Waals surface area contributed by atoms with Crippen molar-refractivity contribution in [1.82, 2.24) is 9.55 Å². The zero-order valence-corrected chi connectivity index (χ0v) is 16.2. The van der Waals surface area contributed by atoms with Gasteiger partial charge in [-0.3, -0.25) is 0 Å². The van der Waals surface area contributed by atoms with Gasteiger partial charge in [0.1, 0.15) is 17.7 Å². The van der Waals surface area contributed by atoms with Gasteiger partial charge in [0.15, 0.2) is 0 Å². The van der Waals surface area contributed by atoms with E-state index < -0.39 is 0 Å². The molecule has 0 aliphatic carbocycles. The smallest absolute Gasteiger partial charge is 0.139 e. The molecule has 4 rings (SSSR count). The highest BCUT2D eigenvalue weighted by molar-refractivity contribution is 5.76. The normalized spacial score (nSPS) is 17.1. The number of aryl methyl sites for hydroxylation is 1. The van der Waals surface area contributed by atoms with Gasteiger partial charge in [-0.2, -0.15) is 0 Å². The van der Waals surface area contributed by atoms with Crippen molar-refractivity contribution in [3.05, 3.63) is 59.9 Å². The van der Waals surface area contributed by atoms with Gasteiger partial charge in [-0.05, 0) is 55.0 Å². The molecule has 27 heavy (non-hydrogen) atoms. The molecule has 1 aliphatic heterocycles. The summed E-state index contributed by atoms with van der Waals surface area (Å²) in [5, 5.41) is 0. The van der Waals surface area contributed by atoms with Gasteiger partial charge >= 0.3 is 0 Å². The third-order valence-corrected chi connectivity index (χ3v) is 5.24. The number of hydrogen-bond acceptors (Lipinski definition) is 3. The van der Waals surface area contributed by atoms with Gasteiger partial charge in [-0.1, -0.05) is 38.1 Å². The molecule has 1 unspecified atom stereocenters. The summed E-state index contributed by atoms with van der Waals surface area (Å²) in [6.07, 6.45) is 3.24. The minimum atomic E-state index is 0.127. The van der Waals surface area contributed by atoms with Gasteiger partial charge in [-0.15, -0.1) is 0 Å². The largest absolute Gasteiger partial charge is 0.494 e. The Morgan fingerprint density at radius 3 is 2.70 bits per heavy atom. The zero-order valence-electron chi connectivity index (χ0n) is 16.2. The molecular formula is C23H28N2O2. The van der Waals surface area contributed by atoms with E-state index in [4.69, 9.17) is 14.5 Å². The van der Waals surface area contributed by atoms with Crippen LogP contribution in [0.1, 0.15) is 56.5 Å². The zero-order chi connectivity index (χ0) is 18.6. The average molecular weight is 364 g/mol. The lowest BCUT2D eigenvalue weighted by Crippen LogP contribution is -2.11. The Morgan fingerprint density at radius 2 is 1.96 bits per heavy atom. The standard InChI is InChI=1S/C23H28N2O2/c1-17(2)18-10-12-19(13-11-18)26-16-6-14-25-21-8-4-3-7-20(21)24-23(25)22-9-5-15-27-22/h3-4,7-8,10-13,17,22H,5-6,9,14-16H2,1-2H3. The molecule has 4 heteroatoms. The fraction of sp³-hybridized carbons (Fsp3) is 0.435. The molecule has 1 fully saturated rings. The van der Waals surface area contributed by atoms with Crippen LogP contribution in [-0.4, -0.2) is 22.8 Å². The van der Waals surface area contributed by atoms with Crippen LogP contribution >= 0.6 is 0 Å². The number of benzene rings is 2. The summed E-state index contributed by atoms with van der Waals surface area (Å²) in [6, 6.07) is 16.8. The van der Waals surface area contributed by atoms with Crippen LogP contribution in [0.3, 0.4) is 0 Å². The second-order valence-corrected chi connectivity index (χ2v) is 7.54. The summed E-state index contributed by atoms with van der Waals surface area (Å²) in [7, 11) is 0. The second-order valence-electron chi connectivity index (χ2n) is 7.54. The van der Waals surface area contributed by atoms with Crippen molar-refractivity contribution in [1.29, 1.82) is 0 Å². The van der Waals surface area contributed by atoms with Crippen molar-refractivity contribution in [2.45, 2.75) is 51.7 Å². The Hall–Kier alpha value is -2.33. The molecule has 1 aromatic heterocycles. The Morgan fingerprint density at radius 1 is 1.15 bits per heavy atom. The summed E-state index contributed by atoms with van der Waals surface area (Å²) < 4.78 is 14.2. The number of ether oxygens (including phenoxy) is 2. The lowest BCUT2D eigenvalue weighted by Gasteiger charge is -2.14. The molecule has 1 saturated heterocycles. The average Bonchev–Trinajstić information content (AvgIpc) is 3.33. The van der Waals surface area contributed by atoms with Crippen LogP contribution in [0, 0.1) is 0 Å². The molecule has 2 heterocycles. The summed E-state index contributed by atoms with van der Waals surface area (Å²) in [6.45, 7) is 6.83. The maximum atomic E-state index is 5.95. The van der Waals surface area contributed by atoms with Crippen LogP contribution in [0.2, 0.25) is 0 Å². The fourth-order valence-corrected chi connectivity index (χ4v) is 3.72. The molecule has 0 radical (unpaired) electrons. The van der Waals surface area contributed by atoms with Crippen LogP contribution in [0.25, 0.3) is 11.0 Å². The Kier molecular flexibility index (Phi) is 5.44. The SMILES string of the molecule is CC(C)c1ccc(OCCCn2c(C3CCCO3)nc3ccccc32)cc1. The second kappa shape index (κ2) is 8.13. The first-order valence-electron chi connectivity index (χ1n) is 10.0. The van der Waals surface area contributed by atoms with Crippen LogP contribution in [0.5, 0.6) is 5.75 Å². The predicted molar refractivity (Wildman–Crippen MR) is 108 cm³/mol. The lowest BCUT2D eigenvalue weighted by molar-refractivity contribution is 0.102. The van der Waals surface area contributed by atoms with E-state index in [2.05, 4.69) is 60.9 Å². The van der Waals surface area contributed by atoms with Gasteiger partial charge in [0.05, 0.1) is 17.6 Å². The minimum Gasteiger partial charge on any atom is -0.494 e. The maximum Gasteiger partial charge on any atom is 0.139 e. The maximum absolute atomic E-state index is 5.95. The first-order chi connectivity index (χ1) is 13.2. The van der Waals surface area contributed by atoms with E-state index >= 15 is 0 Å². The third-order valence-electron chi connectivity index (χ3n) is 5.24. The number of nitrogens with zero attached hydrogens (tertiary/aromatic N) is 2. The molecule has 0 amide bonds. The van der Waals surface area contributed by atoms with Crippen molar-refractivity contribution in [2.75, 3.05) is 13.2 Å². The van der Waals surface area contributed by atoms with Crippen LogP contribution in [0.15, 0.2) is 48.5 Å². The van der Waals surface area contributed by atoms with Crippen molar-refractivity contribution >= 4 is 11.0 Å². The van der Waals surface area contributed by atoms with Crippen molar-refractivity contribution < 1.29 is 9.47 Å². The number of hydrogen-bond donors (Lipinski definition) is 0. The molecule has 0 saturated carbocycles. The molecule has 2 aromatic carbocycles.